The van der Waals surface area contributed by atoms with Crippen LogP contribution in [0.2, 0.25) is 5.02 Å². The fourth-order valence-electron chi connectivity index (χ4n) is 4.16. The number of aromatic nitrogens is 3. The minimum absolute atomic E-state index is 0.0317. The molecule has 0 radical (unpaired) electrons. The molecule has 7 nitrogen and oxygen atoms in total. The fraction of sp³-hybridized carbons (Fsp3) is 0.250. The van der Waals surface area contributed by atoms with E-state index in [2.05, 4.69) is 17.2 Å². The summed E-state index contributed by atoms with van der Waals surface area (Å²) >= 11 is 6.11. The summed E-state index contributed by atoms with van der Waals surface area (Å²) in [5.41, 5.74) is 3.82. The van der Waals surface area contributed by atoms with Crippen molar-refractivity contribution in [3.8, 4) is 5.75 Å². The first-order chi connectivity index (χ1) is 17.5. The number of hydrazone groups is 1. The van der Waals surface area contributed by atoms with Gasteiger partial charge in [-0.15, -0.1) is 5.10 Å². The van der Waals surface area contributed by atoms with E-state index in [1.165, 1.54) is 4.68 Å². The fourth-order valence-corrected chi connectivity index (χ4v) is 4.29. The lowest BCUT2D eigenvalue weighted by Gasteiger charge is -2.15. The van der Waals surface area contributed by atoms with Crippen LogP contribution >= 0.6 is 11.6 Å². The Morgan fingerprint density at radius 3 is 2.28 bits per heavy atom. The molecular weight excluding hydrogens is 474 g/mol. The predicted octanol–water partition coefficient (Wildman–Crippen LogP) is 5.33. The van der Waals surface area contributed by atoms with E-state index in [0.29, 0.717) is 24.1 Å². The largest absolute Gasteiger partial charge is 0.497 e. The molecule has 0 spiro atoms. The Kier molecular flexibility index (Phi) is 7.90. The van der Waals surface area contributed by atoms with Gasteiger partial charge in [0.15, 0.2) is 0 Å². The Hall–Kier alpha value is -3.84. The third-order valence-corrected chi connectivity index (χ3v) is 6.25. The van der Waals surface area contributed by atoms with Crippen molar-refractivity contribution < 1.29 is 4.74 Å². The van der Waals surface area contributed by atoms with Crippen LogP contribution in [0.1, 0.15) is 36.5 Å². The lowest BCUT2D eigenvalue weighted by molar-refractivity contribution is 0.414. The first-order valence-electron chi connectivity index (χ1n) is 12.0. The minimum atomic E-state index is -0.197. The maximum atomic E-state index is 13.0. The van der Waals surface area contributed by atoms with Gasteiger partial charge in [-0.25, -0.2) is 14.5 Å². The summed E-state index contributed by atoms with van der Waals surface area (Å²) in [5.74, 6) is 1.30. The second-order valence-corrected chi connectivity index (χ2v) is 8.62. The number of benzene rings is 3. The molecular formula is C28H30ClN5O2. The van der Waals surface area contributed by atoms with Gasteiger partial charge in [0.2, 0.25) is 5.95 Å². The summed E-state index contributed by atoms with van der Waals surface area (Å²) in [6, 6.07) is 25.5. The van der Waals surface area contributed by atoms with E-state index in [9.17, 15) is 4.79 Å². The number of ether oxygens (including phenoxy) is 1. The van der Waals surface area contributed by atoms with Gasteiger partial charge >= 0.3 is 5.69 Å². The van der Waals surface area contributed by atoms with E-state index >= 15 is 0 Å². The van der Waals surface area contributed by atoms with Gasteiger partial charge in [0.25, 0.3) is 0 Å². The second-order valence-electron chi connectivity index (χ2n) is 8.18. The van der Waals surface area contributed by atoms with Gasteiger partial charge in [-0.05, 0) is 41.0 Å². The zero-order valence-electron chi connectivity index (χ0n) is 20.9. The van der Waals surface area contributed by atoms with Crippen molar-refractivity contribution in [1.29, 1.82) is 0 Å². The highest BCUT2D eigenvalue weighted by molar-refractivity contribution is 6.30. The van der Waals surface area contributed by atoms with Crippen molar-refractivity contribution >= 4 is 23.3 Å². The molecule has 2 heterocycles. The SMILES string of the molecule is CC.COc1ccc(Cn2nc(N3CC(c4ccccc4)C(c4ccc(Cl)cc4)=N3)n(C)c2=O)cc1. The Morgan fingerprint density at radius 2 is 1.64 bits per heavy atom. The van der Waals surface area contributed by atoms with Crippen LogP contribution in [0.4, 0.5) is 5.95 Å². The highest BCUT2D eigenvalue weighted by Gasteiger charge is 2.32. The van der Waals surface area contributed by atoms with Gasteiger partial charge in [0, 0.05) is 18.0 Å². The summed E-state index contributed by atoms with van der Waals surface area (Å²) in [6.45, 7) is 4.94. The molecule has 1 atom stereocenters. The first-order valence-corrected chi connectivity index (χ1v) is 12.3. The van der Waals surface area contributed by atoms with Crippen molar-refractivity contribution in [2.75, 3.05) is 18.7 Å². The van der Waals surface area contributed by atoms with Crippen molar-refractivity contribution in [3.05, 3.63) is 111 Å². The molecule has 0 aliphatic carbocycles. The third-order valence-electron chi connectivity index (χ3n) is 6.00. The molecule has 186 valence electrons. The smallest absolute Gasteiger partial charge is 0.347 e. The van der Waals surface area contributed by atoms with Crippen LogP contribution in [0.25, 0.3) is 0 Å². The molecule has 0 saturated heterocycles. The maximum absolute atomic E-state index is 13.0. The highest BCUT2D eigenvalue weighted by Crippen LogP contribution is 2.31. The third kappa shape index (κ3) is 5.21. The van der Waals surface area contributed by atoms with Crippen LogP contribution in [0.15, 0.2) is 88.8 Å². The van der Waals surface area contributed by atoms with Gasteiger partial charge in [-0.1, -0.05) is 80.0 Å². The number of hydrogen-bond donors (Lipinski definition) is 0. The number of nitrogens with zero attached hydrogens (tertiary/aromatic N) is 5. The van der Waals surface area contributed by atoms with Gasteiger partial charge in [0.05, 0.1) is 25.9 Å². The van der Waals surface area contributed by atoms with E-state index in [-0.39, 0.29) is 11.6 Å². The maximum Gasteiger partial charge on any atom is 0.347 e. The quantitative estimate of drug-likeness (QED) is 0.357. The van der Waals surface area contributed by atoms with E-state index in [4.69, 9.17) is 21.4 Å². The molecule has 1 unspecified atom stereocenters. The zero-order valence-corrected chi connectivity index (χ0v) is 21.7. The summed E-state index contributed by atoms with van der Waals surface area (Å²) in [4.78, 5) is 13.0. The summed E-state index contributed by atoms with van der Waals surface area (Å²) in [5, 5.41) is 12.0. The topological polar surface area (TPSA) is 64.7 Å². The van der Waals surface area contributed by atoms with Crippen molar-refractivity contribution in [1.82, 2.24) is 14.3 Å². The molecule has 4 aromatic rings. The van der Waals surface area contributed by atoms with Gasteiger partial charge in [0.1, 0.15) is 5.75 Å². The molecule has 36 heavy (non-hydrogen) atoms. The van der Waals surface area contributed by atoms with Crippen LogP contribution in [0.3, 0.4) is 0 Å². The average molecular weight is 504 g/mol. The van der Waals surface area contributed by atoms with Crippen LogP contribution in [0, 0.1) is 0 Å². The molecule has 3 aromatic carbocycles. The van der Waals surface area contributed by atoms with E-state index in [1.54, 1.807) is 18.7 Å². The Bertz CT molecular complexity index is 1380. The van der Waals surface area contributed by atoms with Crippen molar-refractivity contribution in [3.63, 3.8) is 0 Å². The van der Waals surface area contributed by atoms with Crippen LogP contribution < -0.4 is 15.4 Å². The number of methoxy groups -OCH3 is 1. The van der Waals surface area contributed by atoms with E-state index in [0.717, 1.165) is 28.2 Å². The summed E-state index contributed by atoms with van der Waals surface area (Å²) < 4.78 is 8.22. The first kappa shape index (κ1) is 25.3. The molecule has 0 bridgehead atoms. The number of rotatable bonds is 6. The second kappa shape index (κ2) is 11.3. The van der Waals surface area contributed by atoms with Gasteiger partial charge in [-0.3, -0.25) is 4.57 Å². The highest BCUT2D eigenvalue weighted by atomic mass is 35.5. The number of hydrogen-bond acceptors (Lipinski definition) is 5. The van der Waals surface area contributed by atoms with Gasteiger partial charge in [-0.2, -0.15) is 5.10 Å². The van der Waals surface area contributed by atoms with Crippen LogP contribution in [0.5, 0.6) is 5.75 Å². The monoisotopic (exact) mass is 503 g/mol. The average Bonchev–Trinajstić information content (AvgIpc) is 3.48. The predicted molar refractivity (Wildman–Crippen MR) is 145 cm³/mol. The number of anilines is 1. The molecule has 0 N–H and O–H groups in total. The van der Waals surface area contributed by atoms with Crippen LogP contribution in [-0.4, -0.2) is 33.7 Å². The van der Waals surface area contributed by atoms with Crippen molar-refractivity contribution in [2.24, 2.45) is 12.1 Å². The molecule has 0 amide bonds. The number of halogens is 1. The molecule has 5 rings (SSSR count). The molecule has 0 saturated carbocycles. The molecule has 1 aliphatic heterocycles. The van der Waals surface area contributed by atoms with Crippen LogP contribution in [-0.2, 0) is 13.6 Å². The molecule has 8 heteroatoms. The van der Waals surface area contributed by atoms with E-state index < -0.39 is 0 Å². The minimum Gasteiger partial charge on any atom is -0.497 e. The molecule has 0 fully saturated rings. The normalized spacial score (nSPS) is 14.8. The Labute approximate surface area is 216 Å². The van der Waals surface area contributed by atoms with Crippen molar-refractivity contribution in [2.45, 2.75) is 26.3 Å². The Morgan fingerprint density at radius 1 is 0.972 bits per heavy atom. The summed E-state index contributed by atoms with van der Waals surface area (Å²) in [7, 11) is 3.35. The lowest BCUT2D eigenvalue weighted by atomic mass is 9.91. The van der Waals surface area contributed by atoms with Gasteiger partial charge < -0.3 is 4.74 Å². The molecule has 1 aromatic heterocycles. The van der Waals surface area contributed by atoms with E-state index in [1.807, 2.05) is 85.6 Å². The standard InChI is InChI=1S/C26H24ClN5O2.C2H6/c1-30-25(29-32(26(30)33)16-18-8-14-22(34-2)15-9-18)31-17-23(19-6-4-3-5-7-19)24(28-31)20-10-12-21(27)13-11-20;1-2/h3-15,23H,16-17H2,1-2H3;1-2H3. The summed E-state index contributed by atoms with van der Waals surface area (Å²) in [6.07, 6.45) is 0. The lowest BCUT2D eigenvalue weighted by Crippen LogP contribution is -2.25. The molecule has 1 aliphatic rings. The zero-order chi connectivity index (χ0) is 25.7. The Balaban J connectivity index is 0.00000148.